The summed E-state index contributed by atoms with van der Waals surface area (Å²) in [7, 11) is 0. The van der Waals surface area contributed by atoms with Crippen LogP contribution in [0.4, 0.5) is 0 Å². The normalized spacial score (nSPS) is 13.4. The number of rotatable bonds is 3. The molecule has 63 heavy (non-hydrogen) atoms. The van der Waals surface area contributed by atoms with Crippen LogP contribution in [0.2, 0.25) is 0 Å². The zero-order valence-corrected chi connectivity index (χ0v) is 34.6. The lowest BCUT2D eigenvalue weighted by Gasteiger charge is -2.21. The maximum atomic E-state index is 5.34. The average molecular weight is 804 g/mol. The van der Waals surface area contributed by atoms with Crippen molar-refractivity contribution in [3.8, 4) is 45.3 Å². The van der Waals surface area contributed by atoms with Crippen molar-refractivity contribution in [3.05, 3.63) is 199 Å². The molecule has 14 rings (SSSR count). The number of para-hydroxylation sites is 3. The Kier molecular flexibility index (Phi) is 6.84. The van der Waals surface area contributed by atoms with Crippen LogP contribution in [0.1, 0.15) is 25.0 Å². The quantitative estimate of drug-likeness (QED) is 0.179. The van der Waals surface area contributed by atoms with Crippen molar-refractivity contribution >= 4 is 76.2 Å². The van der Waals surface area contributed by atoms with Gasteiger partial charge in [0, 0.05) is 54.4 Å². The minimum Gasteiger partial charge on any atom is -0.307 e. The zero-order chi connectivity index (χ0) is 41.6. The SMILES string of the molecule is CC1(C)c2ccccc2-c2cc(-c3nc(-c4ccccc4)nc(-c4ccc5c(c4)c4c6ccccc6cc6c4n5c4ccccc4c4cccc5c7ccccc7n6c54)n3)ccc21. The highest BCUT2D eigenvalue weighted by Crippen LogP contribution is 2.50. The lowest BCUT2D eigenvalue weighted by atomic mass is 9.82. The molecule has 4 aromatic heterocycles. The first-order chi connectivity index (χ1) is 31.0. The van der Waals surface area contributed by atoms with Gasteiger partial charge in [-0.15, -0.1) is 0 Å². The third-order valence-corrected chi connectivity index (χ3v) is 13.9. The molecule has 9 aromatic carbocycles. The summed E-state index contributed by atoms with van der Waals surface area (Å²) in [5, 5.41) is 9.67. The van der Waals surface area contributed by atoms with Gasteiger partial charge in [0.05, 0.1) is 33.1 Å². The van der Waals surface area contributed by atoms with Gasteiger partial charge in [-0.3, -0.25) is 0 Å². The van der Waals surface area contributed by atoms with Crippen molar-refractivity contribution in [3.63, 3.8) is 0 Å². The van der Waals surface area contributed by atoms with Crippen LogP contribution in [0.25, 0.3) is 121 Å². The fraction of sp³-hybridized carbons (Fsp3) is 0.0517. The molecule has 0 aliphatic heterocycles. The molecule has 0 bridgehead atoms. The summed E-state index contributed by atoms with van der Waals surface area (Å²) in [6.07, 6.45) is 0. The Morgan fingerprint density at radius 2 is 0.889 bits per heavy atom. The van der Waals surface area contributed by atoms with Crippen molar-refractivity contribution < 1.29 is 0 Å². The predicted octanol–water partition coefficient (Wildman–Crippen LogP) is 14.6. The molecule has 0 spiro atoms. The Morgan fingerprint density at radius 1 is 0.349 bits per heavy atom. The molecule has 5 nitrogen and oxygen atoms in total. The molecule has 0 radical (unpaired) electrons. The van der Waals surface area contributed by atoms with Gasteiger partial charge in [0.25, 0.3) is 0 Å². The van der Waals surface area contributed by atoms with E-state index in [2.05, 4.69) is 193 Å². The highest BCUT2D eigenvalue weighted by molar-refractivity contribution is 6.29. The summed E-state index contributed by atoms with van der Waals surface area (Å²) in [6.45, 7) is 4.63. The van der Waals surface area contributed by atoms with Gasteiger partial charge < -0.3 is 8.80 Å². The van der Waals surface area contributed by atoms with Crippen molar-refractivity contribution in [1.82, 2.24) is 23.8 Å². The third kappa shape index (κ3) is 4.68. The molecule has 0 amide bonds. The lowest BCUT2D eigenvalue weighted by molar-refractivity contribution is 0.660. The fourth-order valence-electron chi connectivity index (χ4n) is 11.0. The van der Waals surface area contributed by atoms with E-state index in [1.165, 1.54) is 76.5 Å². The minimum absolute atomic E-state index is 0.0915. The van der Waals surface area contributed by atoms with Crippen LogP contribution in [0.5, 0.6) is 0 Å². The van der Waals surface area contributed by atoms with E-state index in [9.17, 15) is 0 Å². The zero-order valence-electron chi connectivity index (χ0n) is 34.6. The van der Waals surface area contributed by atoms with Gasteiger partial charge in [-0.2, -0.15) is 0 Å². The monoisotopic (exact) mass is 803 g/mol. The van der Waals surface area contributed by atoms with Crippen LogP contribution in [-0.4, -0.2) is 23.8 Å². The lowest BCUT2D eigenvalue weighted by Crippen LogP contribution is -2.14. The van der Waals surface area contributed by atoms with E-state index in [4.69, 9.17) is 15.0 Å². The summed E-state index contributed by atoms with van der Waals surface area (Å²) in [5.74, 6) is 1.94. The molecular formula is C58H37N5. The molecule has 0 saturated carbocycles. The highest BCUT2D eigenvalue weighted by Gasteiger charge is 2.35. The Morgan fingerprint density at radius 3 is 1.63 bits per heavy atom. The van der Waals surface area contributed by atoms with Gasteiger partial charge in [-0.1, -0.05) is 159 Å². The molecule has 0 saturated heterocycles. The second-order valence-electron chi connectivity index (χ2n) is 17.6. The predicted molar refractivity (Wildman–Crippen MR) is 261 cm³/mol. The van der Waals surface area contributed by atoms with Gasteiger partial charge >= 0.3 is 0 Å². The second kappa shape index (κ2) is 12.5. The molecule has 0 unspecified atom stereocenters. The number of aromatic nitrogens is 5. The van der Waals surface area contributed by atoms with Crippen LogP contribution >= 0.6 is 0 Å². The smallest absolute Gasteiger partial charge is 0.164 e. The number of nitrogens with zero attached hydrogens (tertiary/aromatic N) is 5. The largest absolute Gasteiger partial charge is 0.307 e. The van der Waals surface area contributed by atoms with Crippen molar-refractivity contribution in [1.29, 1.82) is 0 Å². The minimum atomic E-state index is -0.0915. The first-order valence-corrected chi connectivity index (χ1v) is 21.7. The Balaban J connectivity index is 1.10. The van der Waals surface area contributed by atoms with Gasteiger partial charge in [0.15, 0.2) is 17.5 Å². The molecule has 0 atom stereocenters. The molecule has 4 heterocycles. The topological polar surface area (TPSA) is 47.5 Å². The summed E-state index contributed by atoms with van der Waals surface area (Å²) < 4.78 is 5.02. The summed E-state index contributed by atoms with van der Waals surface area (Å²) in [6, 6.07) is 68.3. The number of hydrogen-bond acceptors (Lipinski definition) is 3. The van der Waals surface area contributed by atoms with Crippen LogP contribution in [0.15, 0.2) is 188 Å². The summed E-state index contributed by atoms with van der Waals surface area (Å²) in [4.78, 5) is 15.8. The number of fused-ring (bicyclic) bond motifs is 15. The van der Waals surface area contributed by atoms with Crippen LogP contribution in [0.3, 0.4) is 0 Å². The first-order valence-electron chi connectivity index (χ1n) is 21.7. The number of benzene rings is 9. The van der Waals surface area contributed by atoms with E-state index < -0.39 is 0 Å². The summed E-state index contributed by atoms with van der Waals surface area (Å²) in [5.41, 5.74) is 15.0. The van der Waals surface area contributed by atoms with Gasteiger partial charge in [-0.05, 0) is 75.5 Å². The molecule has 0 fully saturated rings. The standard InChI is InChI=1S/C58H37N5/c1-58(2)46-24-11-8-19-39(46)44-31-36(27-29-47(44)58)56-59-55(34-15-4-3-5-16-34)60-57(61-56)37-28-30-50-45(32-37)52-38-18-7-6-17-35(38)33-51-54(52)62(50)48-25-12-9-20-40(48)42-22-14-23-43-41-21-10-13-26-49(41)63(51)53(42)43/h3-33H,1-2H3. The Hall–Kier alpha value is -8.15. The van der Waals surface area contributed by atoms with Crippen molar-refractivity contribution in [2.45, 2.75) is 19.3 Å². The molecule has 1 aliphatic rings. The van der Waals surface area contributed by atoms with E-state index in [0.717, 1.165) is 38.6 Å². The van der Waals surface area contributed by atoms with Gasteiger partial charge in [-0.25, -0.2) is 15.0 Å². The van der Waals surface area contributed by atoms with Crippen molar-refractivity contribution in [2.24, 2.45) is 0 Å². The highest BCUT2D eigenvalue weighted by atomic mass is 15.0. The number of hydrogen-bond donors (Lipinski definition) is 0. The Bertz CT molecular complexity index is 4120. The fourth-order valence-corrected chi connectivity index (χ4v) is 11.0. The van der Waals surface area contributed by atoms with Gasteiger partial charge in [0.2, 0.25) is 0 Å². The first kappa shape index (κ1) is 34.6. The van der Waals surface area contributed by atoms with Crippen molar-refractivity contribution in [2.75, 3.05) is 0 Å². The molecule has 0 N–H and O–H groups in total. The molecule has 294 valence electrons. The van der Waals surface area contributed by atoms with E-state index in [1.807, 2.05) is 18.2 Å². The van der Waals surface area contributed by atoms with Gasteiger partial charge in [0.1, 0.15) is 0 Å². The van der Waals surface area contributed by atoms with Crippen LogP contribution in [0, 0.1) is 0 Å². The maximum Gasteiger partial charge on any atom is 0.164 e. The van der Waals surface area contributed by atoms with E-state index >= 15 is 0 Å². The third-order valence-electron chi connectivity index (χ3n) is 13.9. The second-order valence-corrected chi connectivity index (χ2v) is 17.6. The summed E-state index contributed by atoms with van der Waals surface area (Å²) >= 11 is 0. The van der Waals surface area contributed by atoms with Crippen LogP contribution in [-0.2, 0) is 5.41 Å². The van der Waals surface area contributed by atoms with E-state index in [0.29, 0.717) is 17.5 Å². The van der Waals surface area contributed by atoms with E-state index in [-0.39, 0.29) is 5.41 Å². The molecular weight excluding hydrogens is 767 g/mol. The molecule has 5 heteroatoms. The van der Waals surface area contributed by atoms with E-state index in [1.54, 1.807) is 0 Å². The average Bonchev–Trinajstić information content (AvgIpc) is 3.94. The Labute approximate surface area is 362 Å². The maximum absolute atomic E-state index is 5.34. The van der Waals surface area contributed by atoms with Crippen LogP contribution < -0.4 is 0 Å². The molecule has 1 aliphatic carbocycles. The molecule has 13 aromatic rings.